The summed E-state index contributed by atoms with van der Waals surface area (Å²) in [6.45, 7) is -0.446. The zero-order valence-electron chi connectivity index (χ0n) is 22.0. The first kappa shape index (κ1) is 31.9. The SMILES string of the molecule is NC(N)=NCCC[C@H](NC(=O)Cc1ccc(N=Nc2ccccc2)cc1)C(=O)NCC(=O)N[C@@H](CC(=O)O)C(=O)O. The highest BCUT2D eigenvalue weighted by molar-refractivity contribution is 5.92. The molecule has 2 aromatic carbocycles. The van der Waals surface area contributed by atoms with E-state index >= 15 is 0 Å². The van der Waals surface area contributed by atoms with Crippen molar-refractivity contribution in [3.05, 3.63) is 60.2 Å². The van der Waals surface area contributed by atoms with E-state index in [1.807, 2.05) is 35.6 Å². The lowest BCUT2D eigenvalue weighted by Gasteiger charge is -2.19. The van der Waals surface area contributed by atoms with Crippen molar-refractivity contribution < 1.29 is 34.2 Å². The van der Waals surface area contributed by atoms with Crippen LogP contribution in [0.25, 0.3) is 0 Å². The number of hydrogen-bond donors (Lipinski definition) is 7. The number of benzene rings is 2. The van der Waals surface area contributed by atoms with Gasteiger partial charge in [-0.2, -0.15) is 10.2 Å². The molecule has 15 nitrogen and oxygen atoms in total. The number of azo groups is 1. The van der Waals surface area contributed by atoms with Crippen LogP contribution in [0.2, 0.25) is 0 Å². The van der Waals surface area contributed by atoms with Gasteiger partial charge in [-0.15, -0.1) is 0 Å². The monoisotopic (exact) mass is 568 g/mol. The second-order valence-electron chi connectivity index (χ2n) is 8.72. The summed E-state index contributed by atoms with van der Waals surface area (Å²) in [5.41, 5.74) is 12.6. The zero-order valence-corrected chi connectivity index (χ0v) is 22.0. The topological polar surface area (TPSA) is 251 Å². The number of carboxylic acid groups (broad SMARTS) is 2. The molecule has 0 unspecified atom stereocenters. The van der Waals surface area contributed by atoms with Gasteiger partial charge < -0.3 is 37.6 Å². The molecule has 2 aromatic rings. The normalized spacial score (nSPS) is 12.1. The number of carbonyl (C=O) groups excluding carboxylic acids is 3. The van der Waals surface area contributed by atoms with Gasteiger partial charge in [0.15, 0.2) is 5.96 Å². The van der Waals surface area contributed by atoms with Gasteiger partial charge in [0.05, 0.1) is 30.8 Å². The van der Waals surface area contributed by atoms with Crippen LogP contribution < -0.4 is 27.4 Å². The standard InChI is InChI=1S/C26H32N8O7/c27-26(28)29-12-4-7-19(24(39)30-15-22(36)32-20(25(40)41)14-23(37)38)31-21(35)13-16-8-10-18(11-9-16)34-33-17-5-2-1-3-6-17/h1-3,5-6,8-11,19-20H,4,7,12-15H2,(H,30,39)(H,31,35)(H,32,36)(H,37,38)(H,40,41)(H4,27,28,29)/t19-,20-/m0/s1. The molecule has 0 saturated carbocycles. The number of aliphatic carboxylic acids is 2. The summed E-state index contributed by atoms with van der Waals surface area (Å²) in [6, 6.07) is 13.2. The summed E-state index contributed by atoms with van der Waals surface area (Å²) in [5.74, 6) is -5.18. The third kappa shape index (κ3) is 12.8. The van der Waals surface area contributed by atoms with E-state index in [9.17, 15) is 24.0 Å². The highest BCUT2D eigenvalue weighted by Gasteiger charge is 2.25. The van der Waals surface area contributed by atoms with Gasteiger partial charge >= 0.3 is 11.9 Å². The number of carboxylic acids is 2. The van der Waals surface area contributed by atoms with Gasteiger partial charge in [-0.05, 0) is 42.7 Å². The second-order valence-corrected chi connectivity index (χ2v) is 8.72. The first-order valence-corrected chi connectivity index (χ1v) is 12.5. The van der Waals surface area contributed by atoms with Crippen LogP contribution in [0, 0.1) is 0 Å². The summed E-state index contributed by atoms with van der Waals surface area (Å²) in [7, 11) is 0. The molecule has 2 rings (SSSR count). The average Bonchev–Trinajstić information content (AvgIpc) is 2.92. The van der Waals surface area contributed by atoms with Gasteiger partial charge in [0, 0.05) is 6.54 Å². The minimum absolute atomic E-state index is 0.0518. The molecule has 0 aliphatic carbocycles. The summed E-state index contributed by atoms with van der Waals surface area (Å²) < 4.78 is 0. The van der Waals surface area contributed by atoms with Crippen molar-refractivity contribution in [2.24, 2.45) is 26.7 Å². The smallest absolute Gasteiger partial charge is 0.326 e. The molecule has 0 fully saturated rings. The van der Waals surface area contributed by atoms with Crippen molar-refractivity contribution in [2.75, 3.05) is 13.1 Å². The third-order valence-electron chi connectivity index (χ3n) is 5.37. The minimum atomic E-state index is -1.67. The fraction of sp³-hybridized carbons (Fsp3) is 0.308. The molecule has 41 heavy (non-hydrogen) atoms. The Morgan fingerprint density at radius 2 is 1.41 bits per heavy atom. The number of aliphatic imine (C=N–C) groups is 1. The van der Waals surface area contributed by atoms with Crippen molar-refractivity contribution >= 4 is 47.0 Å². The number of nitrogens with zero attached hydrogens (tertiary/aromatic N) is 3. The quantitative estimate of drug-likeness (QED) is 0.0637. The van der Waals surface area contributed by atoms with Crippen LogP contribution >= 0.6 is 0 Å². The number of hydrogen-bond acceptors (Lipinski definition) is 8. The first-order valence-electron chi connectivity index (χ1n) is 12.5. The maximum absolute atomic E-state index is 12.8. The van der Waals surface area contributed by atoms with E-state index < -0.39 is 54.7 Å². The molecule has 0 bridgehead atoms. The number of amides is 3. The van der Waals surface area contributed by atoms with E-state index in [1.165, 1.54) is 0 Å². The highest BCUT2D eigenvalue weighted by Crippen LogP contribution is 2.18. The van der Waals surface area contributed by atoms with Crippen LogP contribution in [0.5, 0.6) is 0 Å². The summed E-state index contributed by atoms with van der Waals surface area (Å²) >= 11 is 0. The van der Waals surface area contributed by atoms with Crippen LogP contribution in [0.4, 0.5) is 11.4 Å². The van der Waals surface area contributed by atoms with E-state index in [0.29, 0.717) is 23.4 Å². The Morgan fingerprint density at radius 3 is 2.00 bits per heavy atom. The predicted octanol–water partition coefficient (Wildman–Crippen LogP) is 0.343. The van der Waals surface area contributed by atoms with E-state index in [-0.39, 0.29) is 25.3 Å². The lowest BCUT2D eigenvalue weighted by Crippen LogP contribution is -2.51. The predicted molar refractivity (Wildman–Crippen MR) is 147 cm³/mol. The van der Waals surface area contributed by atoms with Crippen molar-refractivity contribution in [1.82, 2.24) is 16.0 Å². The Labute approximate surface area is 235 Å². The molecule has 0 aliphatic heterocycles. The Morgan fingerprint density at radius 1 is 0.805 bits per heavy atom. The fourth-order valence-electron chi connectivity index (χ4n) is 3.40. The van der Waals surface area contributed by atoms with Crippen LogP contribution in [0.1, 0.15) is 24.8 Å². The van der Waals surface area contributed by atoms with Crippen molar-refractivity contribution in [3.63, 3.8) is 0 Å². The number of nitrogens with one attached hydrogen (secondary N) is 3. The van der Waals surface area contributed by atoms with Gasteiger partial charge in [-0.25, -0.2) is 4.79 Å². The van der Waals surface area contributed by atoms with Gasteiger partial charge in [0.1, 0.15) is 12.1 Å². The third-order valence-corrected chi connectivity index (χ3v) is 5.37. The van der Waals surface area contributed by atoms with E-state index in [0.717, 1.165) is 0 Å². The molecule has 9 N–H and O–H groups in total. The number of guanidine groups is 1. The van der Waals surface area contributed by atoms with E-state index in [4.69, 9.17) is 21.7 Å². The lowest BCUT2D eigenvalue weighted by molar-refractivity contribution is -0.147. The molecule has 0 aromatic heterocycles. The molecular weight excluding hydrogens is 536 g/mol. The van der Waals surface area contributed by atoms with Gasteiger partial charge in [0.25, 0.3) is 0 Å². The molecule has 218 valence electrons. The molecule has 2 atom stereocenters. The fourth-order valence-corrected chi connectivity index (χ4v) is 3.40. The summed E-state index contributed by atoms with van der Waals surface area (Å²) in [5, 5.41) is 33.1. The molecule has 0 spiro atoms. The molecule has 0 aliphatic rings. The summed E-state index contributed by atoms with van der Waals surface area (Å²) in [6.07, 6.45) is -0.437. The van der Waals surface area contributed by atoms with Crippen LogP contribution in [0.15, 0.2) is 69.8 Å². The second kappa shape index (κ2) is 16.6. The molecule has 0 saturated heterocycles. The first-order chi connectivity index (χ1) is 19.5. The Kier molecular flexibility index (Phi) is 12.9. The molecular formula is C26H32N8O7. The van der Waals surface area contributed by atoms with Crippen molar-refractivity contribution in [2.45, 2.75) is 37.8 Å². The zero-order chi connectivity index (χ0) is 30.2. The maximum atomic E-state index is 12.8. The average molecular weight is 569 g/mol. The number of rotatable bonds is 16. The van der Waals surface area contributed by atoms with Gasteiger partial charge in [-0.1, -0.05) is 30.3 Å². The number of nitrogens with two attached hydrogens (primary N) is 2. The number of carbonyl (C=O) groups is 5. The molecule has 15 heteroatoms. The maximum Gasteiger partial charge on any atom is 0.326 e. The Bertz CT molecular complexity index is 1260. The molecule has 0 heterocycles. The molecule has 0 radical (unpaired) electrons. The van der Waals surface area contributed by atoms with E-state index in [2.05, 4.69) is 25.9 Å². The molecule has 3 amide bonds. The van der Waals surface area contributed by atoms with Gasteiger partial charge in [0.2, 0.25) is 17.7 Å². The largest absolute Gasteiger partial charge is 0.481 e. The minimum Gasteiger partial charge on any atom is -0.481 e. The summed E-state index contributed by atoms with van der Waals surface area (Å²) in [4.78, 5) is 63.4. The van der Waals surface area contributed by atoms with Crippen LogP contribution in [-0.2, 0) is 30.4 Å². The highest BCUT2D eigenvalue weighted by atomic mass is 16.4. The van der Waals surface area contributed by atoms with E-state index in [1.54, 1.807) is 24.3 Å². The van der Waals surface area contributed by atoms with Crippen LogP contribution in [0.3, 0.4) is 0 Å². The van der Waals surface area contributed by atoms with Crippen molar-refractivity contribution in [3.8, 4) is 0 Å². The van der Waals surface area contributed by atoms with Gasteiger partial charge in [-0.3, -0.25) is 24.2 Å². The van der Waals surface area contributed by atoms with Crippen LogP contribution in [-0.4, -0.2) is 71.0 Å². The van der Waals surface area contributed by atoms with Crippen molar-refractivity contribution in [1.29, 1.82) is 0 Å². The Balaban J connectivity index is 1.97. The lowest BCUT2D eigenvalue weighted by atomic mass is 10.1. The Hall–Kier alpha value is -5.34.